The summed E-state index contributed by atoms with van der Waals surface area (Å²) in [7, 11) is 3.33. The van der Waals surface area contributed by atoms with Crippen molar-refractivity contribution in [2.24, 2.45) is 0 Å². The third-order valence-electron chi connectivity index (χ3n) is 7.66. The van der Waals surface area contributed by atoms with Crippen LogP contribution < -0.4 is 18.9 Å². The minimum Gasteiger partial charge on any atom is -0.493 e. The van der Waals surface area contributed by atoms with Crippen molar-refractivity contribution in [3.63, 3.8) is 0 Å². The van der Waals surface area contributed by atoms with Crippen LogP contribution in [0.25, 0.3) is 0 Å². The van der Waals surface area contributed by atoms with E-state index in [1.807, 2.05) is 0 Å². The Morgan fingerprint density at radius 2 is 1.21 bits per heavy atom. The summed E-state index contributed by atoms with van der Waals surface area (Å²) in [5.74, 6) is 1.06. The summed E-state index contributed by atoms with van der Waals surface area (Å²) >= 11 is 0. The second kappa shape index (κ2) is 13.9. The molecule has 0 saturated carbocycles. The number of nitrogens with zero attached hydrogens (tertiary/aromatic N) is 2. The van der Waals surface area contributed by atoms with Crippen LogP contribution >= 0.6 is 0 Å². The van der Waals surface area contributed by atoms with E-state index in [-0.39, 0.29) is 58.7 Å². The Morgan fingerprint density at radius 3 is 1.60 bits per heavy atom. The van der Waals surface area contributed by atoms with E-state index in [4.69, 9.17) is 37.6 Å². The minimum atomic E-state index is -2.32. The molecule has 1 aliphatic heterocycles. The molecule has 0 radical (unpaired) electrons. The van der Waals surface area contributed by atoms with Crippen LogP contribution in [0, 0.1) is 20.2 Å². The SMILES string of the molecule is COc1cc(COC2C[C@H](O[Si](C)(C)C(C)(C)C)C(OCc3cc(OC)c(OC)cc3[N+](=O)[O-])O2)c([N+](=O)[O-])cc1OC. The summed E-state index contributed by atoms with van der Waals surface area (Å²) < 4.78 is 45.8. The van der Waals surface area contributed by atoms with Gasteiger partial charge in [0.15, 0.2) is 43.9 Å². The molecule has 43 heavy (non-hydrogen) atoms. The van der Waals surface area contributed by atoms with Gasteiger partial charge in [-0.15, -0.1) is 0 Å². The maximum absolute atomic E-state index is 11.8. The van der Waals surface area contributed by atoms with Crippen LogP contribution in [0.4, 0.5) is 11.4 Å². The van der Waals surface area contributed by atoms with E-state index in [0.29, 0.717) is 11.5 Å². The summed E-state index contributed by atoms with van der Waals surface area (Å²) in [6.07, 6.45) is -2.07. The second-order valence-corrected chi connectivity index (χ2v) is 16.2. The maximum Gasteiger partial charge on any atom is 0.278 e. The van der Waals surface area contributed by atoms with E-state index >= 15 is 0 Å². The molecule has 1 heterocycles. The lowest BCUT2D eigenvalue weighted by Gasteiger charge is -2.39. The van der Waals surface area contributed by atoms with Crippen molar-refractivity contribution in [3.05, 3.63) is 55.6 Å². The zero-order valence-electron chi connectivity index (χ0n) is 26.0. The number of nitro benzene ring substituents is 2. The summed E-state index contributed by atoms with van der Waals surface area (Å²) in [4.78, 5) is 22.5. The van der Waals surface area contributed by atoms with E-state index in [2.05, 4.69) is 33.9 Å². The van der Waals surface area contributed by atoms with Crippen molar-refractivity contribution in [1.82, 2.24) is 0 Å². The number of hydrogen-bond donors (Lipinski definition) is 0. The fraction of sp³-hybridized carbons (Fsp3) is 0.571. The molecule has 0 N–H and O–H groups in total. The fourth-order valence-electron chi connectivity index (χ4n) is 4.25. The molecule has 14 nitrogen and oxygen atoms in total. The largest absolute Gasteiger partial charge is 0.493 e. The van der Waals surface area contributed by atoms with Gasteiger partial charge in [-0.05, 0) is 30.3 Å². The molecule has 238 valence electrons. The zero-order valence-corrected chi connectivity index (χ0v) is 27.0. The molecule has 0 bridgehead atoms. The van der Waals surface area contributed by atoms with Gasteiger partial charge >= 0.3 is 0 Å². The van der Waals surface area contributed by atoms with Crippen molar-refractivity contribution in [2.45, 2.75) is 77.2 Å². The van der Waals surface area contributed by atoms with E-state index in [1.165, 1.54) is 52.7 Å². The van der Waals surface area contributed by atoms with Gasteiger partial charge in [0.1, 0.15) is 6.10 Å². The maximum atomic E-state index is 11.8. The van der Waals surface area contributed by atoms with Crippen molar-refractivity contribution in [3.8, 4) is 23.0 Å². The van der Waals surface area contributed by atoms with Gasteiger partial charge in [-0.1, -0.05) is 20.8 Å². The van der Waals surface area contributed by atoms with Gasteiger partial charge in [-0.25, -0.2) is 0 Å². The highest BCUT2D eigenvalue weighted by atomic mass is 28.4. The molecule has 2 aromatic carbocycles. The van der Waals surface area contributed by atoms with Crippen LogP contribution in [0.2, 0.25) is 18.1 Å². The number of nitro groups is 2. The van der Waals surface area contributed by atoms with Crippen molar-refractivity contribution in [1.29, 1.82) is 0 Å². The summed E-state index contributed by atoms with van der Waals surface area (Å²) in [6.45, 7) is 10.1. The van der Waals surface area contributed by atoms with Crippen LogP contribution in [0.15, 0.2) is 24.3 Å². The molecule has 3 rings (SSSR count). The summed E-state index contributed by atoms with van der Waals surface area (Å²) in [6, 6.07) is 5.52. The van der Waals surface area contributed by atoms with Crippen LogP contribution in [-0.2, 0) is 31.9 Å². The predicted molar refractivity (Wildman–Crippen MR) is 157 cm³/mol. The fourth-order valence-corrected chi connectivity index (χ4v) is 5.57. The lowest BCUT2D eigenvalue weighted by molar-refractivity contribution is -0.386. The Kier molecular flexibility index (Phi) is 11.0. The molecule has 1 saturated heterocycles. The topological polar surface area (TPSA) is 160 Å². The highest BCUT2D eigenvalue weighted by Gasteiger charge is 2.46. The van der Waals surface area contributed by atoms with Gasteiger partial charge in [0.25, 0.3) is 11.4 Å². The van der Waals surface area contributed by atoms with Crippen molar-refractivity contribution >= 4 is 19.7 Å². The lowest BCUT2D eigenvalue weighted by Crippen LogP contribution is -2.46. The first-order chi connectivity index (χ1) is 20.1. The molecule has 1 fully saturated rings. The molecule has 0 aliphatic carbocycles. The second-order valence-electron chi connectivity index (χ2n) is 11.4. The lowest BCUT2D eigenvalue weighted by atomic mass is 10.1. The number of hydrogen-bond acceptors (Lipinski definition) is 12. The van der Waals surface area contributed by atoms with Crippen LogP contribution in [0.1, 0.15) is 38.3 Å². The average Bonchev–Trinajstić information content (AvgIpc) is 3.33. The first-order valence-electron chi connectivity index (χ1n) is 13.5. The molecule has 2 unspecified atom stereocenters. The van der Waals surface area contributed by atoms with E-state index < -0.39 is 36.8 Å². The van der Waals surface area contributed by atoms with Gasteiger partial charge in [0.05, 0.1) is 74.8 Å². The summed E-state index contributed by atoms with van der Waals surface area (Å²) in [5.41, 5.74) is 0.116. The zero-order chi connectivity index (χ0) is 32.1. The third kappa shape index (κ3) is 7.91. The van der Waals surface area contributed by atoms with Crippen molar-refractivity contribution in [2.75, 3.05) is 28.4 Å². The van der Waals surface area contributed by atoms with E-state index in [1.54, 1.807) is 0 Å². The number of ether oxygens (including phenoxy) is 7. The average molecular weight is 625 g/mol. The molecule has 3 atom stereocenters. The van der Waals surface area contributed by atoms with Gasteiger partial charge < -0.3 is 37.6 Å². The Balaban J connectivity index is 1.86. The normalized spacial score (nSPS) is 18.8. The predicted octanol–water partition coefficient (Wildman–Crippen LogP) is 5.73. The third-order valence-corrected chi connectivity index (χ3v) is 12.2. The Labute approximate surface area is 251 Å². The highest BCUT2D eigenvalue weighted by molar-refractivity contribution is 6.74. The standard InChI is InChI=1S/C28H40N2O12Si/c1-28(2,3)43(8,9)42-25-14-26(39-15-17-10-21(35-4)23(37-6)12-19(17)29(31)32)41-27(25)40-16-18-11-22(36-5)24(38-7)13-20(18)30(33)34/h10-13,25-27H,14-16H2,1-9H3/t25-,26?,27?/m0/s1. The molecule has 2 aromatic rings. The van der Waals surface area contributed by atoms with Gasteiger partial charge in [0, 0.05) is 6.42 Å². The Bertz CT molecular complexity index is 1310. The van der Waals surface area contributed by atoms with Crippen LogP contribution in [0.5, 0.6) is 23.0 Å². The molecule has 0 aromatic heterocycles. The van der Waals surface area contributed by atoms with E-state index in [0.717, 1.165) is 0 Å². The Morgan fingerprint density at radius 1 is 0.791 bits per heavy atom. The van der Waals surface area contributed by atoms with Crippen molar-refractivity contribution < 1.29 is 47.4 Å². The monoisotopic (exact) mass is 624 g/mol. The smallest absolute Gasteiger partial charge is 0.278 e. The molecule has 15 heteroatoms. The van der Waals surface area contributed by atoms with Gasteiger partial charge in [-0.3, -0.25) is 20.2 Å². The highest BCUT2D eigenvalue weighted by Crippen LogP contribution is 2.41. The molecule has 0 amide bonds. The van der Waals surface area contributed by atoms with E-state index in [9.17, 15) is 20.2 Å². The van der Waals surface area contributed by atoms with Gasteiger partial charge in [-0.2, -0.15) is 0 Å². The van der Waals surface area contributed by atoms with Crippen LogP contribution in [0.3, 0.4) is 0 Å². The quantitative estimate of drug-likeness (QED) is 0.143. The number of benzene rings is 2. The molecular formula is C28H40N2O12Si. The molecule has 1 aliphatic rings. The first-order valence-corrected chi connectivity index (χ1v) is 16.4. The van der Waals surface area contributed by atoms with Gasteiger partial charge in [0.2, 0.25) is 0 Å². The minimum absolute atomic E-state index is 0.126. The first kappa shape index (κ1) is 34.0. The Hall–Kier alpha value is -3.50. The number of methoxy groups -OCH3 is 4. The summed E-state index contributed by atoms with van der Waals surface area (Å²) in [5, 5.41) is 23.4. The van der Waals surface area contributed by atoms with Crippen LogP contribution in [-0.4, -0.2) is 65.3 Å². The molecule has 0 spiro atoms. The molecular weight excluding hydrogens is 584 g/mol. The number of rotatable bonds is 14.